The normalized spacial score (nSPS) is 19.3. The van der Waals surface area contributed by atoms with Gasteiger partial charge < -0.3 is 14.6 Å². The lowest BCUT2D eigenvalue weighted by molar-refractivity contribution is -0.117. The van der Waals surface area contributed by atoms with Gasteiger partial charge in [0, 0.05) is 18.5 Å². The number of rotatable bonds is 5. The standard InChI is InChI=1S/C18H20N2O3/c1-12-9-17(20-23-12)19-11-15-6-5-14(18(15)21)10-13-3-7-16(22-2)8-4-13/h3-4,7-10,15H,5-6,11H2,1-2H3,(H,19,20). The number of aryl methyl sites for hydroxylation is 1. The van der Waals surface area contributed by atoms with Crippen molar-refractivity contribution in [1.29, 1.82) is 0 Å². The van der Waals surface area contributed by atoms with Crippen LogP contribution in [0.1, 0.15) is 24.2 Å². The summed E-state index contributed by atoms with van der Waals surface area (Å²) in [6.45, 7) is 2.43. The van der Waals surface area contributed by atoms with Gasteiger partial charge in [0.05, 0.1) is 7.11 Å². The fraction of sp³-hybridized carbons (Fsp3) is 0.333. The van der Waals surface area contributed by atoms with Crippen LogP contribution < -0.4 is 10.1 Å². The second kappa shape index (κ2) is 6.69. The molecule has 120 valence electrons. The van der Waals surface area contributed by atoms with E-state index in [4.69, 9.17) is 9.26 Å². The monoisotopic (exact) mass is 312 g/mol. The molecule has 1 fully saturated rings. The van der Waals surface area contributed by atoms with Gasteiger partial charge in [-0.3, -0.25) is 4.79 Å². The van der Waals surface area contributed by atoms with Crippen LogP contribution in [0.15, 0.2) is 40.4 Å². The largest absolute Gasteiger partial charge is 0.497 e. The molecule has 1 heterocycles. The molecule has 3 rings (SSSR count). The topological polar surface area (TPSA) is 64.4 Å². The second-order valence-corrected chi connectivity index (χ2v) is 5.75. The highest BCUT2D eigenvalue weighted by atomic mass is 16.5. The lowest BCUT2D eigenvalue weighted by atomic mass is 10.0. The molecule has 0 amide bonds. The number of ketones is 1. The van der Waals surface area contributed by atoms with Crippen LogP contribution in [-0.2, 0) is 4.79 Å². The minimum absolute atomic E-state index is 0.00324. The highest BCUT2D eigenvalue weighted by Gasteiger charge is 2.29. The fourth-order valence-corrected chi connectivity index (χ4v) is 2.76. The molecule has 1 N–H and O–H groups in total. The van der Waals surface area contributed by atoms with Crippen LogP contribution in [-0.4, -0.2) is 24.6 Å². The zero-order valence-corrected chi connectivity index (χ0v) is 13.3. The maximum Gasteiger partial charge on any atom is 0.169 e. The Bertz CT molecular complexity index is 716. The van der Waals surface area contributed by atoms with Gasteiger partial charge in [0.2, 0.25) is 0 Å². The molecule has 0 aliphatic heterocycles. The van der Waals surface area contributed by atoms with Gasteiger partial charge in [0.15, 0.2) is 11.6 Å². The number of allylic oxidation sites excluding steroid dienone is 1. The Morgan fingerprint density at radius 1 is 1.39 bits per heavy atom. The first-order valence-electron chi connectivity index (χ1n) is 7.72. The quantitative estimate of drug-likeness (QED) is 0.857. The van der Waals surface area contributed by atoms with Crippen molar-refractivity contribution in [3.05, 3.63) is 47.2 Å². The van der Waals surface area contributed by atoms with E-state index in [1.54, 1.807) is 7.11 Å². The Labute approximate surface area is 135 Å². The number of ether oxygens (including phenoxy) is 1. The Hall–Kier alpha value is -2.56. The van der Waals surface area contributed by atoms with Crippen LogP contribution in [0.5, 0.6) is 5.75 Å². The lowest BCUT2D eigenvalue weighted by Gasteiger charge is -2.07. The van der Waals surface area contributed by atoms with E-state index in [0.29, 0.717) is 12.4 Å². The van der Waals surface area contributed by atoms with Crippen molar-refractivity contribution in [2.45, 2.75) is 19.8 Å². The number of carbonyl (C=O) groups is 1. The molecule has 1 aromatic carbocycles. The molecule has 0 saturated heterocycles. The maximum atomic E-state index is 12.5. The van der Waals surface area contributed by atoms with Gasteiger partial charge in [-0.25, -0.2) is 0 Å². The number of anilines is 1. The number of hydrogen-bond acceptors (Lipinski definition) is 5. The van der Waals surface area contributed by atoms with Crippen molar-refractivity contribution in [1.82, 2.24) is 5.16 Å². The van der Waals surface area contributed by atoms with Gasteiger partial charge in [0.25, 0.3) is 0 Å². The number of nitrogens with one attached hydrogen (secondary N) is 1. The zero-order valence-electron chi connectivity index (χ0n) is 13.3. The van der Waals surface area contributed by atoms with E-state index < -0.39 is 0 Å². The molecular formula is C18H20N2O3. The van der Waals surface area contributed by atoms with Crippen molar-refractivity contribution in [3.8, 4) is 5.75 Å². The van der Waals surface area contributed by atoms with Crippen molar-refractivity contribution in [3.63, 3.8) is 0 Å². The summed E-state index contributed by atoms with van der Waals surface area (Å²) in [5.74, 6) is 2.47. The molecule has 1 unspecified atom stereocenters. The van der Waals surface area contributed by atoms with Crippen LogP contribution in [0, 0.1) is 12.8 Å². The summed E-state index contributed by atoms with van der Waals surface area (Å²) in [7, 11) is 1.64. The van der Waals surface area contributed by atoms with Crippen LogP contribution in [0.2, 0.25) is 0 Å². The predicted molar refractivity (Wildman–Crippen MR) is 88.4 cm³/mol. The van der Waals surface area contributed by atoms with Gasteiger partial charge in [0.1, 0.15) is 11.5 Å². The molecule has 1 aliphatic carbocycles. The molecule has 2 aromatic rings. The smallest absolute Gasteiger partial charge is 0.169 e. The van der Waals surface area contributed by atoms with Gasteiger partial charge in [-0.05, 0) is 49.1 Å². The van der Waals surface area contributed by atoms with Crippen LogP contribution in [0.25, 0.3) is 6.08 Å². The Morgan fingerprint density at radius 2 is 2.17 bits per heavy atom. The molecule has 0 radical (unpaired) electrons. The maximum absolute atomic E-state index is 12.5. The van der Waals surface area contributed by atoms with Gasteiger partial charge in [-0.1, -0.05) is 17.3 Å². The van der Waals surface area contributed by atoms with E-state index in [-0.39, 0.29) is 11.7 Å². The minimum atomic E-state index is -0.00324. The molecule has 23 heavy (non-hydrogen) atoms. The average molecular weight is 312 g/mol. The summed E-state index contributed by atoms with van der Waals surface area (Å²) < 4.78 is 10.2. The van der Waals surface area contributed by atoms with E-state index in [0.717, 1.165) is 35.5 Å². The number of nitrogens with zero attached hydrogens (tertiary/aromatic N) is 1. The van der Waals surface area contributed by atoms with Crippen LogP contribution in [0.4, 0.5) is 5.82 Å². The number of Topliss-reactive ketones (excluding diaryl/α,β-unsaturated/α-hetero) is 1. The van der Waals surface area contributed by atoms with Gasteiger partial charge in [-0.2, -0.15) is 0 Å². The zero-order chi connectivity index (χ0) is 16.2. The number of benzene rings is 1. The third-order valence-corrected chi connectivity index (χ3v) is 4.06. The molecule has 1 aromatic heterocycles. The SMILES string of the molecule is COc1ccc(C=C2CCC(CNc3cc(C)on3)C2=O)cc1. The van der Waals surface area contributed by atoms with Gasteiger partial charge >= 0.3 is 0 Å². The molecule has 0 spiro atoms. The summed E-state index contributed by atoms with van der Waals surface area (Å²) in [6.07, 6.45) is 3.65. The number of hydrogen-bond donors (Lipinski definition) is 1. The number of aromatic nitrogens is 1. The average Bonchev–Trinajstić information content (AvgIpc) is 3.13. The summed E-state index contributed by atoms with van der Waals surface area (Å²) in [4.78, 5) is 12.5. The highest BCUT2D eigenvalue weighted by Crippen LogP contribution is 2.29. The molecular weight excluding hydrogens is 292 g/mol. The molecule has 1 saturated carbocycles. The third-order valence-electron chi connectivity index (χ3n) is 4.06. The first-order chi connectivity index (χ1) is 11.2. The molecule has 5 nitrogen and oxygen atoms in total. The molecule has 1 atom stereocenters. The van der Waals surface area contributed by atoms with E-state index in [9.17, 15) is 4.79 Å². The minimum Gasteiger partial charge on any atom is -0.497 e. The van der Waals surface area contributed by atoms with Crippen LogP contribution >= 0.6 is 0 Å². The van der Waals surface area contributed by atoms with E-state index >= 15 is 0 Å². The van der Waals surface area contributed by atoms with Crippen molar-refractivity contribution < 1.29 is 14.1 Å². The summed E-state index contributed by atoms with van der Waals surface area (Å²) >= 11 is 0. The van der Waals surface area contributed by atoms with Crippen LogP contribution in [0.3, 0.4) is 0 Å². The van der Waals surface area contributed by atoms with E-state index in [2.05, 4.69) is 10.5 Å². The molecule has 1 aliphatic rings. The molecule has 5 heteroatoms. The first-order valence-corrected chi connectivity index (χ1v) is 7.72. The molecule has 0 bridgehead atoms. The van der Waals surface area contributed by atoms with Crippen molar-refractivity contribution in [2.75, 3.05) is 19.0 Å². The number of carbonyl (C=O) groups excluding carboxylic acids is 1. The predicted octanol–water partition coefficient (Wildman–Crippen LogP) is 3.47. The third kappa shape index (κ3) is 3.62. The lowest BCUT2D eigenvalue weighted by Crippen LogP contribution is -2.18. The first kappa shape index (κ1) is 15.3. The Balaban J connectivity index is 1.62. The summed E-state index contributed by atoms with van der Waals surface area (Å²) in [5.41, 5.74) is 1.91. The van der Waals surface area contributed by atoms with Crippen molar-refractivity contribution >= 4 is 17.7 Å². The summed E-state index contributed by atoms with van der Waals surface area (Å²) in [5, 5.41) is 7.05. The highest BCUT2D eigenvalue weighted by molar-refractivity contribution is 6.03. The van der Waals surface area contributed by atoms with Gasteiger partial charge in [-0.15, -0.1) is 0 Å². The van der Waals surface area contributed by atoms with Crippen molar-refractivity contribution in [2.24, 2.45) is 5.92 Å². The Kier molecular flexibility index (Phi) is 4.46. The van der Waals surface area contributed by atoms with E-state index in [1.165, 1.54) is 0 Å². The number of methoxy groups -OCH3 is 1. The van der Waals surface area contributed by atoms with E-state index in [1.807, 2.05) is 43.3 Å². The second-order valence-electron chi connectivity index (χ2n) is 5.75. The fourth-order valence-electron chi connectivity index (χ4n) is 2.76. The summed E-state index contributed by atoms with van der Waals surface area (Å²) in [6, 6.07) is 9.55. The Morgan fingerprint density at radius 3 is 2.83 bits per heavy atom.